The molecule has 2 rings (SSSR count). The van der Waals surface area contributed by atoms with E-state index in [1.807, 2.05) is 0 Å². The van der Waals surface area contributed by atoms with Gasteiger partial charge in [-0.1, -0.05) is 32.6 Å². The summed E-state index contributed by atoms with van der Waals surface area (Å²) in [5.41, 5.74) is 6.29. The molecule has 2 N–H and O–H groups in total. The normalized spacial score (nSPS) is 36.8. The Morgan fingerprint density at radius 2 is 1.88 bits per heavy atom. The van der Waals surface area contributed by atoms with Crippen molar-refractivity contribution in [2.75, 3.05) is 0 Å². The molecule has 0 radical (unpaired) electrons. The molecule has 2 aliphatic rings. The van der Waals surface area contributed by atoms with E-state index in [0.717, 1.165) is 16.4 Å². The van der Waals surface area contributed by atoms with E-state index in [0.29, 0.717) is 6.04 Å². The summed E-state index contributed by atoms with van der Waals surface area (Å²) in [6.45, 7) is 2.31. The first kappa shape index (κ1) is 12.8. The van der Waals surface area contributed by atoms with Crippen LogP contribution >= 0.6 is 11.8 Å². The second-order valence-electron chi connectivity index (χ2n) is 5.71. The van der Waals surface area contributed by atoms with Gasteiger partial charge < -0.3 is 5.73 Å². The van der Waals surface area contributed by atoms with Gasteiger partial charge in [-0.25, -0.2) is 0 Å². The number of hydrogen-bond acceptors (Lipinski definition) is 2. The van der Waals surface area contributed by atoms with Crippen molar-refractivity contribution in [3.63, 3.8) is 0 Å². The fraction of sp³-hybridized carbons (Fsp3) is 1.00. The Morgan fingerprint density at radius 1 is 1.12 bits per heavy atom. The first-order valence-electron chi connectivity index (χ1n) is 7.20. The summed E-state index contributed by atoms with van der Waals surface area (Å²) >= 11 is 2.24. The van der Waals surface area contributed by atoms with Gasteiger partial charge in [-0.05, 0) is 38.0 Å². The van der Waals surface area contributed by atoms with Crippen molar-refractivity contribution >= 4 is 11.8 Å². The van der Waals surface area contributed by atoms with E-state index in [4.69, 9.17) is 5.73 Å². The van der Waals surface area contributed by atoms with Crippen molar-refractivity contribution < 1.29 is 0 Å². The predicted octanol–water partition coefficient (Wildman–Crippen LogP) is 3.96. The van der Waals surface area contributed by atoms with Gasteiger partial charge in [-0.3, -0.25) is 0 Å². The van der Waals surface area contributed by atoms with Crippen LogP contribution in [-0.4, -0.2) is 16.5 Å². The molecule has 16 heavy (non-hydrogen) atoms. The minimum atomic E-state index is 0.485. The van der Waals surface area contributed by atoms with E-state index in [1.54, 1.807) is 0 Å². The Bertz CT molecular complexity index is 201. The third kappa shape index (κ3) is 3.40. The lowest BCUT2D eigenvalue weighted by Crippen LogP contribution is -2.39. The second kappa shape index (κ2) is 6.30. The lowest BCUT2D eigenvalue weighted by Gasteiger charge is -2.35. The van der Waals surface area contributed by atoms with Crippen LogP contribution in [0.2, 0.25) is 0 Å². The maximum Gasteiger partial charge on any atom is 0.0204 e. The molecule has 0 aromatic rings. The van der Waals surface area contributed by atoms with Gasteiger partial charge in [0.05, 0.1) is 0 Å². The first-order chi connectivity index (χ1) is 7.79. The summed E-state index contributed by atoms with van der Waals surface area (Å²) in [7, 11) is 0. The third-order valence-corrected chi connectivity index (χ3v) is 6.07. The van der Waals surface area contributed by atoms with Crippen molar-refractivity contribution in [1.82, 2.24) is 0 Å². The van der Waals surface area contributed by atoms with Crippen LogP contribution in [0.4, 0.5) is 0 Å². The highest BCUT2D eigenvalue weighted by Crippen LogP contribution is 2.40. The zero-order chi connectivity index (χ0) is 11.4. The van der Waals surface area contributed by atoms with Crippen molar-refractivity contribution in [2.24, 2.45) is 11.7 Å². The van der Waals surface area contributed by atoms with Crippen molar-refractivity contribution in [3.8, 4) is 0 Å². The fourth-order valence-electron chi connectivity index (χ4n) is 3.33. The average Bonchev–Trinajstić information content (AvgIpc) is 2.76. The van der Waals surface area contributed by atoms with Crippen LogP contribution < -0.4 is 5.73 Å². The molecule has 2 heteroatoms. The maximum atomic E-state index is 6.29. The molecule has 1 nitrogen and oxygen atoms in total. The standard InChI is InChI=1S/C14H27NS/c1-2-5-11-8-9-13(15)14(10-11)16-12-6-3-4-7-12/h11-14H,2-10,15H2,1H3. The van der Waals surface area contributed by atoms with Crippen LogP contribution in [0.5, 0.6) is 0 Å². The molecule has 94 valence electrons. The summed E-state index contributed by atoms with van der Waals surface area (Å²) in [5, 5.41) is 1.71. The van der Waals surface area contributed by atoms with Gasteiger partial charge in [0, 0.05) is 16.5 Å². The first-order valence-corrected chi connectivity index (χ1v) is 8.15. The number of hydrogen-bond donors (Lipinski definition) is 1. The van der Waals surface area contributed by atoms with E-state index >= 15 is 0 Å². The number of rotatable bonds is 4. The second-order valence-corrected chi connectivity index (χ2v) is 7.26. The van der Waals surface area contributed by atoms with Crippen LogP contribution in [-0.2, 0) is 0 Å². The van der Waals surface area contributed by atoms with Gasteiger partial charge in [0.1, 0.15) is 0 Å². The lowest BCUT2D eigenvalue weighted by atomic mass is 9.83. The molecule has 3 atom stereocenters. The Labute approximate surface area is 105 Å². The van der Waals surface area contributed by atoms with E-state index in [9.17, 15) is 0 Å². The van der Waals surface area contributed by atoms with E-state index in [2.05, 4.69) is 18.7 Å². The minimum absolute atomic E-state index is 0.485. The van der Waals surface area contributed by atoms with Gasteiger partial charge in [-0.15, -0.1) is 0 Å². The summed E-state index contributed by atoms with van der Waals surface area (Å²) < 4.78 is 0. The van der Waals surface area contributed by atoms with Crippen LogP contribution in [0.15, 0.2) is 0 Å². The highest BCUT2D eigenvalue weighted by molar-refractivity contribution is 8.00. The van der Waals surface area contributed by atoms with Crippen LogP contribution in [0.3, 0.4) is 0 Å². The zero-order valence-corrected chi connectivity index (χ0v) is 11.5. The topological polar surface area (TPSA) is 26.0 Å². The molecule has 3 unspecified atom stereocenters. The van der Waals surface area contributed by atoms with Crippen molar-refractivity contribution in [2.45, 2.75) is 81.3 Å². The third-order valence-electron chi connectivity index (χ3n) is 4.32. The zero-order valence-electron chi connectivity index (χ0n) is 10.7. The molecule has 0 aromatic heterocycles. The molecule has 0 aromatic carbocycles. The Kier molecular flexibility index (Phi) is 5.02. The Hall–Kier alpha value is 0.310. The summed E-state index contributed by atoms with van der Waals surface area (Å²) in [5.74, 6) is 0.976. The van der Waals surface area contributed by atoms with Gasteiger partial charge in [0.15, 0.2) is 0 Å². The number of nitrogens with two attached hydrogens (primary N) is 1. The highest BCUT2D eigenvalue weighted by Gasteiger charge is 2.30. The molecule has 0 spiro atoms. The fourth-order valence-corrected chi connectivity index (χ4v) is 5.15. The summed E-state index contributed by atoms with van der Waals surface area (Å²) in [6, 6.07) is 0.485. The molecule has 0 aliphatic heterocycles. The molecule has 0 saturated heterocycles. The van der Waals surface area contributed by atoms with Gasteiger partial charge >= 0.3 is 0 Å². The molecule has 2 fully saturated rings. The van der Waals surface area contributed by atoms with Crippen molar-refractivity contribution in [1.29, 1.82) is 0 Å². The Morgan fingerprint density at radius 3 is 2.56 bits per heavy atom. The van der Waals surface area contributed by atoms with Crippen LogP contribution in [0, 0.1) is 5.92 Å². The molecule has 0 heterocycles. The molecule has 2 saturated carbocycles. The molecule has 0 bridgehead atoms. The van der Waals surface area contributed by atoms with Gasteiger partial charge in [-0.2, -0.15) is 11.8 Å². The van der Waals surface area contributed by atoms with Crippen LogP contribution in [0.25, 0.3) is 0 Å². The quantitative estimate of drug-likeness (QED) is 0.806. The molecule has 2 aliphatic carbocycles. The SMILES string of the molecule is CCCC1CCC(N)C(SC2CCCC2)C1. The van der Waals surface area contributed by atoms with Gasteiger partial charge in [0.25, 0.3) is 0 Å². The van der Waals surface area contributed by atoms with Crippen LogP contribution in [0.1, 0.15) is 64.7 Å². The van der Waals surface area contributed by atoms with Gasteiger partial charge in [0.2, 0.25) is 0 Å². The molecular formula is C14H27NS. The summed E-state index contributed by atoms with van der Waals surface area (Å²) in [6.07, 6.45) is 12.6. The smallest absolute Gasteiger partial charge is 0.0204 e. The molecular weight excluding hydrogens is 214 g/mol. The maximum absolute atomic E-state index is 6.29. The van der Waals surface area contributed by atoms with E-state index in [-0.39, 0.29) is 0 Å². The van der Waals surface area contributed by atoms with Crippen molar-refractivity contribution in [3.05, 3.63) is 0 Å². The van der Waals surface area contributed by atoms with E-state index < -0.39 is 0 Å². The highest BCUT2D eigenvalue weighted by atomic mass is 32.2. The lowest BCUT2D eigenvalue weighted by molar-refractivity contribution is 0.316. The minimum Gasteiger partial charge on any atom is -0.327 e. The largest absolute Gasteiger partial charge is 0.327 e. The summed E-state index contributed by atoms with van der Waals surface area (Å²) in [4.78, 5) is 0. The predicted molar refractivity (Wildman–Crippen MR) is 73.9 cm³/mol. The van der Waals surface area contributed by atoms with E-state index in [1.165, 1.54) is 57.8 Å². The molecule has 0 amide bonds. The number of thioether (sulfide) groups is 1. The Balaban J connectivity index is 1.80. The average molecular weight is 241 g/mol. The monoisotopic (exact) mass is 241 g/mol.